The fourth-order valence-electron chi connectivity index (χ4n) is 1.82. The third-order valence-corrected chi connectivity index (χ3v) is 3.07. The summed E-state index contributed by atoms with van der Waals surface area (Å²) < 4.78 is 0.938. The van der Waals surface area contributed by atoms with Gasteiger partial charge in [-0.1, -0.05) is 12.1 Å². The van der Waals surface area contributed by atoms with Gasteiger partial charge in [0.25, 0.3) is 0 Å². The van der Waals surface area contributed by atoms with Crippen LogP contribution in [0.15, 0.2) is 22.7 Å². The highest BCUT2D eigenvalue weighted by molar-refractivity contribution is 9.10. The van der Waals surface area contributed by atoms with Gasteiger partial charge in [-0.3, -0.25) is 4.90 Å². The lowest BCUT2D eigenvalue weighted by atomic mass is 10.0. The van der Waals surface area contributed by atoms with Gasteiger partial charge in [-0.2, -0.15) is 0 Å². The third-order valence-electron chi connectivity index (χ3n) is 2.43. The molecule has 4 heteroatoms. The van der Waals surface area contributed by atoms with Crippen LogP contribution in [0.5, 0.6) is 0 Å². The molecule has 0 atom stereocenters. The molecule has 0 spiro atoms. The monoisotopic (exact) mass is 254 g/mol. The maximum Gasteiger partial charge on any atom is 0.319 e. The molecule has 0 saturated heterocycles. The zero-order valence-electron chi connectivity index (χ0n) is 7.66. The number of carbonyl (C=O) groups excluding carboxylic acids is 1. The first-order valence-corrected chi connectivity index (χ1v) is 5.34. The molecule has 0 unspecified atom stereocenters. The van der Waals surface area contributed by atoms with E-state index in [1.165, 1.54) is 5.56 Å². The number of para-hydroxylation sites is 1. The Morgan fingerprint density at radius 3 is 3.00 bits per heavy atom. The number of rotatable bonds is 0. The van der Waals surface area contributed by atoms with Gasteiger partial charge >= 0.3 is 6.03 Å². The van der Waals surface area contributed by atoms with Gasteiger partial charge in [0.15, 0.2) is 0 Å². The van der Waals surface area contributed by atoms with E-state index in [4.69, 9.17) is 5.73 Å². The molecule has 1 aliphatic heterocycles. The summed E-state index contributed by atoms with van der Waals surface area (Å²) in [7, 11) is 0. The van der Waals surface area contributed by atoms with E-state index in [-0.39, 0.29) is 6.03 Å². The lowest BCUT2D eigenvalue weighted by Gasteiger charge is -2.28. The van der Waals surface area contributed by atoms with Crippen LogP contribution in [-0.4, -0.2) is 12.6 Å². The molecule has 0 saturated carbocycles. The van der Waals surface area contributed by atoms with Crippen molar-refractivity contribution in [2.24, 2.45) is 5.73 Å². The zero-order chi connectivity index (χ0) is 10.1. The molecule has 0 aromatic heterocycles. The number of carbonyl (C=O) groups is 1. The highest BCUT2D eigenvalue weighted by Gasteiger charge is 2.22. The summed E-state index contributed by atoms with van der Waals surface area (Å²) in [6.07, 6.45) is 1.99. The Bertz CT molecular complexity index is 378. The Balaban J connectivity index is 2.52. The minimum absolute atomic E-state index is 0.377. The van der Waals surface area contributed by atoms with Crippen molar-refractivity contribution >= 4 is 27.6 Å². The fraction of sp³-hybridized carbons (Fsp3) is 0.300. The normalized spacial score (nSPS) is 15.1. The van der Waals surface area contributed by atoms with E-state index in [2.05, 4.69) is 15.9 Å². The van der Waals surface area contributed by atoms with Crippen molar-refractivity contribution in [3.63, 3.8) is 0 Å². The number of hydrogen-bond acceptors (Lipinski definition) is 1. The van der Waals surface area contributed by atoms with Crippen molar-refractivity contribution in [2.45, 2.75) is 12.8 Å². The molecule has 1 aliphatic rings. The molecule has 0 bridgehead atoms. The second-order valence-corrected chi connectivity index (χ2v) is 4.20. The fourth-order valence-corrected chi connectivity index (χ4v) is 2.45. The van der Waals surface area contributed by atoms with Crippen LogP contribution in [0, 0.1) is 0 Å². The minimum Gasteiger partial charge on any atom is -0.351 e. The van der Waals surface area contributed by atoms with Gasteiger partial charge in [-0.05, 0) is 40.4 Å². The van der Waals surface area contributed by atoms with Gasteiger partial charge in [-0.15, -0.1) is 0 Å². The average Bonchev–Trinajstić information content (AvgIpc) is 2.17. The van der Waals surface area contributed by atoms with E-state index < -0.39 is 0 Å². The Kier molecular flexibility index (Phi) is 2.46. The number of nitrogens with zero attached hydrogens (tertiary/aromatic N) is 1. The molecule has 3 nitrogen and oxygen atoms in total. The number of aryl methyl sites for hydroxylation is 1. The van der Waals surface area contributed by atoms with E-state index >= 15 is 0 Å². The van der Waals surface area contributed by atoms with Crippen molar-refractivity contribution in [1.29, 1.82) is 0 Å². The van der Waals surface area contributed by atoms with Crippen LogP contribution < -0.4 is 10.6 Å². The van der Waals surface area contributed by atoms with Crippen molar-refractivity contribution in [3.8, 4) is 0 Å². The van der Waals surface area contributed by atoms with E-state index in [1.807, 2.05) is 18.2 Å². The van der Waals surface area contributed by atoms with Crippen LogP contribution in [-0.2, 0) is 6.42 Å². The van der Waals surface area contributed by atoms with Crippen molar-refractivity contribution in [3.05, 3.63) is 28.2 Å². The molecular formula is C10H11BrN2O. The lowest BCUT2D eigenvalue weighted by molar-refractivity contribution is 0.253. The number of hydrogen-bond donors (Lipinski definition) is 1. The molecule has 74 valence electrons. The molecule has 1 aromatic carbocycles. The van der Waals surface area contributed by atoms with Gasteiger partial charge in [0.1, 0.15) is 0 Å². The highest BCUT2D eigenvalue weighted by Crippen LogP contribution is 2.33. The van der Waals surface area contributed by atoms with Gasteiger partial charge in [0.05, 0.1) is 5.69 Å². The summed E-state index contributed by atoms with van der Waals surface area (Å²) in [5.74, 6) is 0. The summed E-state index contributed by atoms with van der Waals surface area (Å²) in [6.45, 7) is 0.713. The first-order chi connectivity index (χ1) is 6.70. The predicted molar refractivity (Wildman–Crippen MR) is 59.4 cm³/mol. The number of fused-ring (bicyclic) bond motifs is 1. The zero-order valence-corrected chi connectivity index (χ0v) is 9.25. The number of nitrogens with two attached hydrogens (primary N) is 1. The molecule has 2 N–H and O–H groups in total. The maximum absolute atomic E-state index is 11.2. The smallest absolute Gasteiger partial charge is 0.319 e. The topological polar surface area (TPSA) is 46.3 Å². The molecule has 1 heterocycles. The van der Waals surface area contributed by atoms with Gasteiger partial charge < -0.3 is 5.73 Å². The molecule has 14 heavy (non-hydrogen) atoms. The van der Waals surface area contributed by atoms with Crippen LogP contribution in [0.25, 0.3) is 0 Å². The van der Waals surface area contributed by atoms with Crippen LogP contribution >= 0.6 is 15.9 Å². The SMILES string of the molecule is NC(=O)N1CCCc2cccc(Br)c21. The number of benzene rings is 1. The average molecular weight is 255 g/mol. The third kappa shape index (κ3) is 1.50. The van der Waals surface area contributed by atoms with Crippen molar-refractivity contribution < 1.29 is 4.79 Å². The maximum atomic E-state index is 11.2. The molecule has 0 aliphatic carbocycles. The van der Waals surface area contributed by atoms with Crippen LogP contribution in [0.4, 0.5) is 10.5 Å². The number of anilines is 1. The van der Waals surface area contributed by atoms with Gasteiger partial charge in [0.2, 0.25) is 0 Å². The summed E-state index contributed by atoms with van der Waals surface area (Å²) in [4.78, 5) is 12.8. The van der Waals surface area contributed by atoms with E-state index in [1.54, 1.807) is 4.90 Å². The number of amides is 2. The second-order valence-electron chi connectivity index (χ2n) is 3.34. The van der Waals surface area contributed by atoms with Crippen molar-refractivity contribution in [1.82, 2.24) is 0 Å². The molecule has 2 amide bonds. The Morgan fingerprint density at radius 2 is 2.29 bits per heavy atom. The van der Waals surface area contributed by atoms with E-state index in [0.29, 0.717) is 6.54 Å². The van der Waals surface area contributed by atoms with Gasteiger partial charge in [0, 0.05) is 11.0 Å². The molecule has 2 rings (SSSR count). The quantitative estimate of drug-likeness (QED) is 0.759. The number of primary amides is 1. The van der Waals surface area contributed by atoms with Gasteiger partial charge in [-0.25, -0.2) is 4.79 Å². The standard InChI is InChI=1S/C10H11BrN2O/c11-8-5-1-3-7-4-2-6-13(9(7)8)10(12)14/h1,3,5H,2,4,6H2,(H2,12,14). The Morgan fingerprint density at radius 1 is 1.50 bits per heavy atom. The van der Waals surface area contributed by atoms with Crippen LogP contribution in [0.1, 0.15) is 12.0 Å². The first kappa shape index (κ1) is 9.52. The number of urea groups is 1. The molecule has 0 fully saturated rings. The summed E-state index contributed by atoms with van der Waals surface area (Å²) in [5, 5.41) is 0. The molecule has 0 radical (unpaired) electrons. The summed E-state index contributed by atoms with van der Waals surface area (Å²) >= 11 is 3.44. The number of halogens is 1. The summed E-state index contributed by atoms with van der Waals surface area (Å²) in [5.41, 5.74) is 7.44. The molecule has 1 aromatic rings. The summed E-state index contributed by atoms with van der Waals surface area (Å²) in [6, 6.07) is 5.57. The second kappa shape index (κ2) is 3.61. The van der Waals surface area contributed by atoms with Crippen LogP contribution in [0.2, 0.25) is 0 Å². The highest BCUT2D eigenvalue weighted by atomic mass is 79.9. The van der Waals surface area contributed by atoms with E-state index in [9.17, 15) is 4.79 Å². The Hall–Kier alpha value is -1.03. The first-order valence-electron chi connectivity index (χ1n) is 4.54. The minimum atomic E-state index is -0.377. The lowest BCUT2D eigenvalue weighted by Crippen LogP contribution is -2.39. The predicted octanol–water partition coefficient (Wildman–Crippen LogP) is 2.28. The largest absolute Gasteiger partial charge is 0.351 e. The van der Waals surface area contributed by atoms with E-state index in [0.717, 1.165) is 23.0 Å². The van der Waals surface area contributed by atoms with Crippen molar-refractivity contribution in [2.75, 3.05) is 11.4 Å². The Labute approximate surface area is 91.0 Å². The molecular weight excluding hydrogens is 244 g/mol. The van der Waals surface area contributed by atoms with Crippen LogP contribution in [0.3, 0.4) is 0 Å².